The lowest BCUT2D eigenvalue weighted by Gasteiger charge is -2.08. The molecule has 0 N–H and O–H groups in total. The summed E-state index contributed by atoms with van der Waals surface area (Å²) in [6.07, 6.45) is 1.78. The average Bonchev–Trinajstić information content (AvgIpc) is 2.76. The summed E-state index contributed by atoms with van der Waals surface area (Å²) in [5.41, 5.74) is 5.96. The molecule has 2 aromatic carbocycles. The van der Waals surface area contributed by atoms with Crippen LogP contribution in [0.25, 0.3) is 33.9 Å². The van der Waals surface area contributed by atoms with Gasteiger partial charge in [-0.2, -0.15) is 0 Å². The summed E-state index contributed by atoms with van der Waals surface area (Å²) in [5.74, 6) is 0.721. The summed E-state index contributed by atoms with van der Waals surface area (Å²) < 4.78 is 0. The maximum Gasteiger partial charge on any atom is 0.160 e. The Bertz CT molecular complexity index is 996. The quantitative estimate of drug-likeness (QED) is 0.440. The smallest absolute Gasteiger partial charge is 0.160 e. The molecule has 2 heterocycles. The first-order valence-corrected chi connectivity index (χ1v) is 9.22. The Morgan fingerprint density at radius 3 is 2.04 bits per heavy atom. The molecule has 0 aliphatic heterocycles. The van der Waals surface area contributed by atoms with Gasteiger partial charge in [-0.05, 0) is 42.3 Å². The molecule has 0 aliphatic rings. The van der Waals surface area contributed by atoms with Crippen LogP contribution < -0.4 is 0 Å². The van der Waals surface area contributed by atoms with Gasteiger partial charge in [0.1, 0.15) is 0 Å². The lowest BCUT2D eigenvalue weighted by Crippen LogP contribution is -1.96. The van der Waals surface area contributed by atoms with Gasteiger partial charge < -0.3 is 0 Å². The molecule has 0 saturated heterocycles. The number of rotatable bonds is 3. The third-order valence-electron chi connectivity index (χ3n) is 4.01. The normalized spacial score (nSPS) is 10.0. The van der Waals surface area contributed by atoms with Crippen LogP contribution in [0.3, 0.4) is 0 Å². The molecule has 134 valence electrons. The molecular formula is C24H23N3. The summed E-state index contributed by atoms with van der Waals surface area (Å²) in [6, 6.07) is 26.5. The highest BCUT2D eigenvalue weighted by Crippen LogP contribution is 2.26. The summed E-state index contributed by atoms with van der Waals surface area (Å²) in [6.45, 7) is 5.98. The van der Waals surface area contributed by atoms with Gasteiger partial charge in [-0.1, -0.05) is 68.4 Å². The van der Waals surface area contributed by atoms with E-state index in [2.05, 4.69) is 34.2 Å². The molecule has 0 atom stereocenters. The molecule has 2 aromatic heterocycles. The number of hydrogen-bond acceptors (Lipinski definition) is 3. The van der Waals surface area contributed by atoms with Gasteiger partial charge in [0.25, 0.3) is 0 Å². The third kappa shape index (κ3) is 4.45. The first-order chi connectivity index (χ1) is 13.3. The number of aryl methyl sites for hydroxylation is 1. The fourth-order valence-electron chi connectivity index (χ4n) is 2.81. The second-order valence-electron chi connectivity index (χ2n) is 5.88. The van der Waals surface area contributed by atoms with Gasteiger partial charge in [0, 0.05) is 17.5 Å². The van der Waals surface area contributed by atoms with Crippen molar-refractivity contribution >= 4 is 0 Å². The predicted molar refractivity (Wildman–Crippen MR) is 112 cm³/mol. The van der Waals surface area contributed by atoms with Crippen LogP contribution in [-0.4, -0.2) is 15.0 Å². The van der Waals surface area contributed by atoms with Crippen LogP contribution in [-0.2, 0) is 0 Å². The maximum absolute atomic E-state index is 4.74. The van der Waals surface area contributed by atoms with Gasteiger partial charge in [0.2, 0.25) is 0 Å². The van der Waals surface area contributed by atoms with Crippen LogP contribution in [0.4, 0.5) is 0 Å². The number of hydrogen-bond donors (Lipinski definition) is 0. The molecule has 3 heteroatoms. The van der Waals surface area contributed by atoms with Crippen molar-refractivity contribution in [3.63, 3.8) is 0 Å². The van der Waals surface area contributed by atoms with Gasteiger partial charge >= 0.3 is 0 Å². The molecule has 0 fully saturated rings. The minimum atomic E-state index is 0.721. The minimum absolute atomic E-state index is 0.721. The van der Waals surface area contributed by atoms with E-state index in [-0.39, 0.29) is 0 Å². The largest absolute Gasteiger partial charge is 0.255 e. The van der Waals surface area contributed by atoms with Crippen molar-refractivity contribution in [2.75, 3.05) is 0 Å². The first kappa shape index (κ1) is 18.5. The zero-order valence-corrected chi connectivity index (χ0v) is 15.9. The van der Waals surface area contributed by atoms with Gasteiger partial charge in [-0.25, -0.2) is 9.97 Å². The fourth-order valence-corrected chi connectivity index (χ4v) is 2.81. The Labute approximate surface area is 160 Å². The molecule has 0 unspecified atom stereocenters. The van der Waals surface area contributed by atoms with Crippen LogP contribution in [0, 0.1) is 6.92 Å². The van der Waals surface area contributed by atoms with Crippen molar-refractivity contribution in [3.8, 4) is 33.9 Å². The maximum atomic E-state index is 4.74. The predicted octanol–water partition coefficient (Wildman–Crippen LogP) is 6.21. The molecule has 0 amide bonds. The number of nitrogens with zero attached hydrogens (tertiary/aromatic N) is 3. The molecule has 4 aromatic rings. The second-order valence-corrected chi connectivity index (χ2v) is 5.88. The Morgan fingerprint density at radius 1 is 0.593 bits per heavy atom. The second kappa shape index (κ2) is 8.86. The van der Waals surface area contributed by atoms with E-state index in [0.717, 1.165) is 34.0 Å². The number of aromatic nitrogens is 3. The summed E-state index contributed by atoms with van der Waals surface area (Å²) in [7, 11) is 0. The molecule has 0 bridgehead atoms. The Hall–Kier alpha value is -3.33. The van der Waals surface area contributed by atoms with Crippen LogP contribution in [0.15, 0.2) is 85.1 Å². The van der Waals surface area contributed by atoms with Crippen LogP contribution in [0.5, 0.6) is 0 Å². The molecule has 27 heavy (non-hydrogen) atoms. The summed E-state index contributed by atoms with van der Waals surface area (Å²) in [4.78, 5) is 13.8. The third-order valence-corrected chi connectivity index (χ3v) is 4.01. The zero-order chi connectivity index (χ0) is 19.1. The van der Waals surface area contributed by atoms with E-state index in [1.54, 1.807) is 6.20 Å². The monoisotopic (exact) mass is 353 g/mol. The van der Waals surface area contributed by atoms with Gasteiger partial charge in [-0.15, -0.1) is 0 Å². The van der Waals surface area contributed by atoms with Crippen molar-refractivity contribution in [1.29, 1.82) is 0 Å². The number of pyridine rings is 1. The molecule has 3 nitrogen and oxygen atoms in total. The van der Waals surface area contributed by atoms with Crippen molar-refractivity contribution in [1.82, 2.24) is 15.0 Å². The number of benzene rings is 2. The molecule has 0 radical (unpaired) electrons. The van der Waals surface area contributed by atoms with E-state index in [1.165, 1.54) is 5.56 Å². The lowest BCUT2D eigenvalue weighted by molar-refractivity contribution is 1.10. The van der Waals surface area contributed by atoms with Crippen LogP contribution in [0.2, 0.25) is 0 Å². The molecule has 0 spiro atoms. The summed E-state index contributed by atoms with van der Waals surface area (Å²) >= 11 is 0. The molecule has 0 saturated carbocycles. The Balaban J connectivity index is 0.00000102. The van der Waals surface area contributed by atoms with Gasteiger partial charge in [0.15, 0.2) is 5.82 Å². The highest BCUT2D eigenvalue weighted by molar-refractivity contribution is 5.71. The van der Waals surface area contributed by atoms with E-state index >= 15 is 0 Å². The van der Waals surface area contributed by atoms with Crippen molar-refractivity contribution in [3.05, 3.63) is 90.8 Å². The van der Waals surface area contributed by atoms with Gasteiger partial charge in [0.05, 0.1) is 11.4 Å². The summed E-state index contributed by atoms with van der Waals surface area (Å²) in [5, 5.41) is 0. The van der Waals surface area contributed by atoms with Crippen LogP contribution >= 0.6 is 0 Å². The minimum Gasteiger partial charge on any atom is -0.255 e. The highest BCUT2D eigenvalue weighted by atomic mass is 14.9. The van der Waals surface area contributed by atoms with Gasteiger partial charge in [-0.3, -0.25) is 4.98 Å². The van der Waals surface area contributed by atoms with Crippen LogP contribution in [0.1, 0.15) is 19.5 Å². The Morgan fingerprint density at radius 2 is 1.30 bits per heavy atom. The van der Waals surface area contributed by atoms with E-state index in [4.69, 9.17) is 4.98 Å². The first-order valence-electron chi connectivity index (χ1n) is 9.22. The van der Waals surface area contributed by atoms with E-state index in [0.29, 0.717) is 0 Å². The highest BCUT2D eigenvalue weighted by Gasteiger charge is 2.08. The van der Waals surface area contributed by atoms with E-state index in [1.807, 2.05) is 75.4 Å². The molecule has 0 aliphatic carbocycles. The molecule has 4 rings (SSSR count). The molecular weight excluding hydrogens is 330 g/mol. The standard InChI is InChI=1S/C22H17N3.C2H6/c1-16-14-21(20-12-5-6-13-23-20)25-22(24-16)19-11-7-10-18(15-19)17-8-3-2-4-9-17;1-2/h2-15H,1H3;1-2H3. The zero-order valence-electron chi connectivity index (χ0n) is 15.9. The topological polar surface area (TPSA) is 38.7 Å². The fraction of sp³-hybridized carbons (Fsp3) is 0.125. The average molecular weight is 353 g/mol. The lowest BCUT2D eigenvalue weighted by atomic mass is 10.0. The van der Waals surface area contributed by atoms with E-state index in [9.17, 15) is 0 Å². The van der Waals surface area contributed by atoms with Crippen molar-refractivity contribution < 1.29 is 0 Å². The van der Waals surface area contributed by atoms with Crippen molar-refractivity contribution in [2.45, 2.75) is 20.8 Å². The Kier molecular flexibility index (Phi) is 6.06. The van der Waals surface area contributed by atoms with E-state index < -0.39 is 0 Å². The van der Waals surface area contributed by atoms with Crippen molar-refractivity contribution in [2.24, 2.45) is 0 Å². The SMILES string of the molecule is CC.Cc1cc(-c2ccccn2)nc(-c2cccc(-c3ccccc3)c2)n1.